The largest absolute Gasteiger partial charge is 0.461 e. The Hall–Kier alpha value is -0.150. The normalized spacial score (nSPS) is 23.8. The van der Waals surface area contributed by atoms with E-state index in [-0.39, 0.29) is 10.9 Å². The predicted octanol–water partition coefficient (Wildman–Crippen LogP) is 4.71. The molecule has 0 aromatic heterocycles. The molecule has 0 aliphatic heterocycles. The molecule has 0 aromatic rings. The van der Waals surface area contributed by atoms with Gasteiger partial charge in [0.15, 0.2) is 9.84 Å². The van der Waals surface area contributed by atoms with Gasteiger partial charge in [-0.1, -0.05) is 38.8 Å². The molecule has 1 aliphatic rings. The summed E-state index contributed by atoms with van der Waals surface area (Å²) in [6, 6.07) is 0. The fourth-order valence-electron chi connectivity index (χ4n) is 2.24. The summed E-state index contributed by atoms with van der Waals surface area (Å²) < 4.78 is 137. The highest BCUT2D eigenvalue weighted by Gasteiger charge is 2.79. The smallest absolute Gasteiger partial charge is 0.229 e. The van der Waals surface area contributed by atoms with Crippen LogP contribution in [0.5, 0.6) is 0 Å². The minimum atomic E-state index is -6.88. The van der Waals surface area contributed by atoms with E-state index < -0.39 is 57.3 Å². The molecule has 1 rings (SSSR count). The second-order valence-corrected chi connectivity index (χ2v) is 13.0. The van der Waals surface area contributed by atoms with Crippen LogP contribution in [0, 0.1) is 0 Å². The van der Waals surface area contributed by atoms with E-state index in [0.717, 1.165) is 6.92 Å². The van der Waals surface area contributed by atoms with Crippen LogP contribution >= 0.6 is 31.9 Å². The Morgan fingerprint density at radius 3 is 1.96 bits per heavy atom. The van der Waals surface area contributed by atoms with E-state index in [9.17, 15) is 47.6 Å². The molecule has 2 unspecified atom stereocenters. The summed E-state index contributed by atoms with van der Waals surface area (Å²) in [5.41, 5.74) is 0. The summed E-state index contributed by atoms with van der Waals surface area (Å²) in [7, 11) is -10.5. The average molecular weight is 590 g/mol. The maximum Gasteiger partial charge on any atom is 0.461 e. The lowest BCUT2D eigenvalue weighted by Gasteiger charge is -2.35. The molecule has 0 fully saturated rings. The minimum Gasteiger partial charge on any atom is -0.229 e. The molecule has 0 radical (unpaired) electrons. The number of halogens is 9. The van der Waals surface area contributed by atoms with Gasteiger partial charge in [-0.3, -0.25) is 0 Å². The molecular weight excluding hydrogens is 577 g/mol. The van der Waals surface area contributed by atoms with Crippen molar-refractivity contribution >= 4 is 51.5 Å². The summed E-state index contributed by atoms with van der Waals surface area (Å²) in [5, 5.41) is -7.96. The van der Waals surface area contributed by atoms with Gasteiger partial charge in [0.2, 0.25) is 9.84 Å². The van der Waals surface area contributed by atoms with Gasteiger partial charge in [0.1, 0.15) is 0 Å². The van der Waals surface area contributed by atoms with Crippen molar-refractivity contribution in [2.24, 2.45) is 0 Å². The first kappa shape index (κ1) is 25.9. The fourth-order valence-corrected chi connectivity index (χ4v) is 7.69. The highest BCUT2D eigenvalue weighted by Crippen LogP contribution is 2.52. The highest BCUT2D eigenvalue weighted by atomic mass is 79.9. The Balaban J connectivity index is 3.66. The van der Waals surface area contributed by atoms with Crippen LogP contribution in [0.4, 0.5) is 30.7 Å². The van der Waals surface area contributed by atoms with E-state index in [1.54, 1.807) is 0 Å². The first-order valence-electron chi connectivity index (χ1n) is 7.24. The first-order chi connectivity index (χ1) is 12.2. The lowest BCUT2D eigenvalue weighted by atomic mass is 9.97. The molecule has 0 bridgehead atoms. The Morgan fingerprint density at radius 1 is 1.11 bits per heavy atom. The molecule has 164 valence electrons. The second-order valence-electron chi connectivity index (χ2n) is 5.93. The Bertz CT molecular complexity index is 908. The molecule has 0 amide bonds. The summed E-state index contributed by atoms with van der Waals surface area (Å²) >= 11 is 5.71. The van der Waals surface area contributed by atoms with Gasteiger partial charge in [0.05, 0.1) is 14.5 Å². The third-order valence-electron chi connectivity index (χ3n) is 4.11. The van der Waals surface area contributed by atoms with Gasteiger partial charge in [-0.15, -0.1) is 0 Å². The van der Waals surface area contributed by atoms with Crippen molar-refractivity contribution in [1.82, 2.24) is 0 Å². The van der Waals surface area contributed by atoms with E-state index in [2.05, 4.69) is 31.9 Å². The Morgan fingerprint density at radius 2 is 1.57 bits per heavy atom. The van der Waals surface area contributed by atoms with Crippen LogP contribution in [-0.4, -0.2) is 49.5 Å². The number of rotatable bonds is 6. The molecule has 4 nitrogen and oxygen atoms in total. The standard InChI is InChI=1S/C13H13Br2F7O4S2/c1-3-27(23,24)7(2)10(15)5-8(14)4-9(6-10)28(25,26)13(21,22)11(16,17)12(18,19)20/h4,6-7H,3,5H2,1-2H3. The van der Waals surface area contributed by atoms with E-state index in [0.29, 0.717) is 12.2 Å². The van der Waals surface area contributed by atoms with Crippen LogP contribution in [-0.2, 0) is 19.7 Å². The summed E-state index contributed by atoms with van der Waals surface area (Å²) in [4.78, 5) is -1.57. The highest BCUT2D eigenvalue weighted by molar-refractivity contribution is 9.12. The molecular formula is C13H13Br2F7O4S2. The molecule has 15 heteroatoms. The summed E-state index contributed by atoms with van der Waals surface area (Å²) in [6.45, 7) is 2.37. The molecule has 0 saturated heterocycles. The third kappa shape index (κ3) is 4.17. The minimum absolute atomic E-state index is 0.199. The molecule has 0 heterocycles. The van der Waals surface area contributed by atoms with Crippen LogP contribution in [0.2, 0.25) is 0 Å². The van der Waals surface area contributed by atoms with Crippen molar-refractivity contribution in [3.63, 3.8) is 0 Å². The molecule has 2 atom stereocenters. The SMILES string of the molecule is CCS(=O)(=O)C(C)C1(Br)C=C(S(=O)(=O)C(F)(F)C(F)(F)C(F)(F)F)C=C(Br)C1. The summed E-state index contributed by atoms with van der Waals surface area (Å²) in [5.74, 6) is -7.30. The van der Waals surface area contributed by atoms with Crippen molar-refractivity contribution in [1.29, 1.82) is 0 Å². The number of sulfone groups is 2. The topological polar surface area (TPSA) is 68.3 Å². The van der Waals surface area contributed by atoms with E-state index in [1.165, 1.54) is 6.92 Å². The molecule has 0 saturated carbocycles. The van der Waals surface area contributed by atoms with E-state index in [4.69, 9.17) is 0 Å². The quantitative estimate of drug-likeness (QED) is 0.332. The second kappa shape index (κ2) is 7.52. The van der Waals surface area contributed by atoms with E-state index in [1.807, 2.05) is 0 Å². The Labute approximate surface area is 173 Å². The molecule has 0 spiro atoms. The van der Waals surface area contributed by atoms with Crippen molar-refractivity contribution < 1.29 is 47.6 Å². The number of hydrogen-bond acceptors (Lipinski definition) is 4. The molecule has 0 N–H and O–H groups in total. The number of alkyl halides is 8. The first-order valence-corrected chi connectivity index (χ1v) is 12.0. The summed E-state index contributed by atoms with van der Waals surface area (Å²) in [6.07, 6.45) is -6.29. The van der Waals surface area contributed by atoms with Crippen LogP contribution in [0.3, 0.4) is 0 Å². The monoisotopic (exact) mass is 588 g/mol. The van der Waals surface area contributed by atoms with Crippen LogP contribution in [0.25, 0.3) is 0 Å². The van der Waals surface area contributed by atoms with Gasteiger partial charge in [0, 0.05) is 5.75 Å². The van der Waals surface area contributed by atoms with Gasteiger partial charge in [0.25, 0.3) is 0 Å². The molecule has 0 aromatic carbocycles. The lowest BCUT2D eigenvalue weighted by Crippen LogP contribution is -2.56. The van der Waals surface area contributed by atoms with Crippen LogP contribution in [0.1, 0.15) is 20.3 Å². The van der Waals surface area contributed by atoms with Gasteiger partial charge < -0.3 is 0 Å². The van der Waals surface area contributed by atoms with Crippen molar-refractivity contribution in [3.8, 4) is 0 Å². The van der Waals surface area contributed by atoms with Crippen molar-refractivity contribution in [3.05, 3.63) is 21.5 Å². The zero-order chi connectivity index (χ0) is 22.6. The third-order valence-corrected chi connectivity index (χ3v) is 10.2. The van der Waals surface area contributed by atoms with Gasteiger partial charge in [-0.25, -0.2) is 16.8 Å². The van der Waals surface area contributed by atoms with Crippen LogP contribution in [0.15, 0.2) is 21.5 Å². The van der Waals surface area contributed by atoms with Gasteiger partial charge in [-0.2, -0.15) is 30.7 Å². The fraction of sp³-hybridized carbons (Fsp3) is 0.692. The molecule has 1 aliphatic carbocycles. The Kier molecular flexibility index (Phi) is 6.95. The van der Waals surface area contributed by atoms with Gasteiger partial charge in [-0.05, 0) is 30.0 Å². The predicted molar refractivity (Wildman–Crippen MR) is 95.2 cm³/mol. The molecule has 28 heavy (non-hydrogen) atoms. The van der Waals surface area contributed by atoms with Gasteiger partial charge >= 0.3 is 17.4 Å². The van der Waals surface area contributed by atoms with Crippen LogP contribution < -0.4 is 0 Å². The lowest BCUT2D eigenvalue weighted by molar-refractivity contribution is -0.331. The zero-order valence-corrected chi connectivity index (χ0v) is 18.8. The average Bonchev–Trinajstić information content (AvgIpc) is 2.51. The maximum atomic E-state index is 13.9. The van der Waals surface area contributed by atoms with Crippen molar-refractivity contribution in [2.75, 3.05) is 5.75 Å². The maximum absolute atomic E-state index is 13.9. The zero-order valence-electron chi connectivity index (χ0n) is 14.0. The number of hydrogen-bond donors (Lipinski definition) is 0. The van der Waals surface area contributed by atoms with E-state index >= 15 is 0 Å². The van der Waals surface area contributed by atoms with Crippen molar-refractivity contribution in [2.45, 2.75) is 47.2 Å². The number of allylic oxidation sites excluding steroid dienone is 3.